The van der Waals surface area contributed by atoms with E-state index in [1.165, 1.54) is 6.33 Å². The highest BCUT2D eigenvalue weighted by atomic mass is 16.5. The van der Waals surface area contributed by atoms with Crippen LogP contribution in [-0.4, -0.2) is 48.5 Å². The van der Waals surface area contributed by atoms with Crippen molar-refractivity contribution in [3.05, 3.63) is 36.2 Å². The summed E-state index contributed by atoms with van der Waals surface area (Å²) >= 11 is 0. The van der Waals surface area contributed by atoms with Crippen molar-refractivity contribution in [3.8, 4) is 11.4 Å². The molecule has 1 aromatic heterocycles. The van der Waals surface area contributed by atoms with Crippen molar-refractivity contribution >= 4 is 5.96 Å². The van der Waals surface area contributed by atoms with E-state index >= 15 is 0 Å². The molecule has 0 amide bonds. The van der Waals surface area contributed by atoms with E-state index in [9.17, 15) is 0 Å². The van der Waals surface area contributed by atoms with Crippen LogP contribution in [0.25, 0.3) is 11.4 Å². The third-order valence-electron chi connectivity index (χ3n) is 2.90. The molecule has 3 N–H and O–H groups in total. The molecule has 1 heterocycles. The summed E-state index contributed by atoms with van der Waals surface area (Å²) in [7, 11) is 3.42. The molecule has 0 spiro atoms. The maximum atomic E-state index is 4.99. The lowest BCUT2D eigenvalue weighted by Gasteiger charge is -2.11. The SMILES string of the molecule is CN=C(NCCOC)NCc1cccc(-c2ncn[nH]2)c1. The summed E-state index contributed by atoms with van der Waals surface area (Å²) in [5, 5.41) is 13.1. The maximum absolute atomic E-state index is 4.99. The molecule has 21 heavy (non-hydrogen) atoms. The van der Waals surface area contributed by atoms with Crippen LogP contribution in [0.4, 0.5) is 0 Å². The van der Waals surface area contributed by atoms with Gasteiger partial charge in [0.05, 0.1) is 6.61 Å². The molecule has 2 aromatic rings. The lowest BCUT2D eigenvalue weighted by molar-refractivity contribution is 0.203. The topological polar surface area (TPSA) is 87.2 Å². The molecule has 7 heteroatoms. The molecule has 2 rings (SSSR count). The number of aliphatic imine (C=N–C) groups is 1. The van der Waals surface area contributed by atoms with Crippen molar-refractivity contribution in [2.24, 2.45) is 4.99 Å². The van der Waals surface area contributed by atoms with E-state index in [4.69, 9.17) is 4.74 Å². The van der Waals surface area contributed by atoms with Gasteiger partial charge >= 0.3 is 0 Å². The number of nitrogens with zero attached hydrogens (tertiary/aromatic N) is 3. The number of aromatic amines is 1. The number of methoxy groups -OCH3 is 1. The largest absolute Gasteiger partial charge is 0.383 e. The Bertz CT molecular complexity index is 567. The Kier molecular flexibility index (Phi) is 5.71. The minimum Gasteiger partial charge on any atom is -0.383 e. The van der Waals surface area contributed by atoms with E-state index in [1.807, 2.05) is 12.1 Å². The quantitative estimate of drug-likeness (QED) is 0.415. The standard InChI is InChI=1S/C14H20N6O/c1-15-14(16-6-7-21-2)17-9-11-4-3-5-12(8-11)13-18-10-19-20-13/h3-5,8,10H,6-7,9H2,1-2H3,(H2,15,16,17)(H,18,19,20). The smallest absolute Gasteiger partial charge is 0.191 e. The van der Waals surface area contributed by atoms with Gasteiger partial charge in [-0.25, -0.2) is 4.98 Å². The van der Waals surface area contributed by atoms with E-state index in [1.54, 1.807) is 14.2 Å². The summed E-state index contributed by atoms with van der Waals surface area (Å²) in [5.74, 6) is 1.51. The molecule has 0 fully saturated rings. The Hall–Kier alpha value is -2.41. The Morgan fingerprint density at radius 3 is 3.00 bits per heavy atom. The average Bonchev–Trinajstić information content (AvgIpc) is 3.05. The van der Waals surface area contributed by atoms with Gasteiger partial charge in [-0.15, -0.1) is 0 Å². The monoisotopic (exact) mass is 288 g/mol. The summed E-state index contributed by atoms with van der Waals surface area (Å²) in [4.78, 5) is 8.31. The third kappa shape index (κ3) is 4.57. The molecule has 0 unspecified atom stereocenters. The molecular weight excluding hydrogens is 268 g/mol. The first-order valence-corrected chi connectivity index (χ1v) is 6.71. The minimum absolute atomic E-state index is 0.641. The highest BCUT2D eigenvalue weighted by molar-refractivity contribution is 5.79. The normalized spacial score (nSPS) is 11.4. The van der Waals surface area contributed by atoms with Crippen molar-refractivity contribution in [2.45, 2.75) is 6.54 Å². The molecule has 1 aromatic carbocycles. The van der Waals surface area contributed by atoms with Crippen LogP contribution in [0, 0.1) is 0 Å². The van der Waals surface area contributed by atoms with Crippen molar-refractivity contribution < 1.29 is 4.74 Å². The van der Waals surface area contributed by atoms with Gasteiger partial charge in [0, 0.05) is 32.8 Å². The molecule has 112 valence electrons. The Morgan fingerprint density at radius 2 is 2.29 bits per heavy atom. The maximum Gasteiger partial charge on any atom is 0.191 e. The highest BCUT2D eigenvalue weighted by Gasteiger charge is 2.02. The van der Waals surface area contributed by atoms with Gasteiger partial charge in [-0.2, -0.15) is 5.10 Å². The number of ether oxygens (including phenoxy) is 1. The molecule has 0 saturated heterocycles. The van der Waals surface area contributed by atoms with Crippen molar-refractivity contribution in [1.82, 2.24) is 25.8 Å². The van der Waals surface area contributed by atoms with Gasteiger partial charge in [0.2, 0.25) is 0 Å². The highest BCUT2D eigenvalue weighted by Crippen LogP contribution is 2.15. The van der Waals surface area contributed by atoms with Gasteiger partial charge in [-0.3, -0.25) is 10.1 Å². The van der Waals surface area contributed by atoms with Crippen LogP contribution in [0.1, 0.15) is 5.56 Å². The summed E-state index contributed by atoms with van der Waals surface area (Å²) < 4.78 is 4.99. The number of H-pyrrole nitrogens is 1. The number of nitrogens with one attached hydrogen (secondary N) is 3. The first-order valence-electron chi connectivity index (χ1n) is 6.71. The number of aromatic nitrogens is 3. The van der Waals surface area contributed by atoms with E-state index in [-0.39, 0.29) is 0 Å². The average molecular weight is 288 g/mol. The summed E-state index contributed by atoms with van der Waals surface area (Å²) in [6.45, 7) is 2.03. The van der Waals surface area contributed by atoms with E-state index in [0.29, 0.717) is 19.7 Å². The second-order valence-corrected chi connectivity index (χ2v) is 4.38. The zero-order valence-electron chi connectivity index (χ0n) is 12.3. The number of hydrogen-bond acceptors (Lipinski definition) is 4. The van der Waals surface area contributed by atoms with Crippen LogP contribution in [0.15, 0.2) is 35.6 Å². The van der Waals surface area contributed by atoms with Crippen LogP contribution in [-0.2, 0) is 11.3 Å². The molecule has 0 bridgehead atoms. The lowest BCUT2D eigenvalue weighted by atomic mass is 10.1. The fraction of sp³-hybridized carbons (Fsp3) is 0.357. The van der Waals surface area contributed by atoms with E-state index in [0.717, 1.165) is 22.9 Å². The Balaban J connectivity index is 1.92. The van der Waals surface area contributed by atoms with Crippen LogP contribution in [0.3, 0.4) is 0 Å². The molecule has 0 saturated carbocycles. The number of guanidine groups is 1. The second-order valence-electron chi connectivity index (χ2n) is 4.38. The molecular formula is C14H20N6O. The van der Waals surface area contributed by atoms with Gasteiger partial charge in [0.25, 0.3) is 0 Å². The zero-order chi connectivity index (χ0) is 14.9. The molecule has 0 atom stereocenters. The van der Waals surface area contributed by atoms with Crippen molar-refractivity contribution in [3.63, 3.8) is 0 Å². The van der Waals surface area contributed by atoms with Gasteiger partial charge in [0.1, 0.15) is 6.33 Å². The number of rotatable bonds is 6. The lowest BCUT2D eigenvalue weighted by Crippen LogP contribution is -2.38. The number of benzene rings is 1. The summed E-state index contributed by atoms with van der Waals surface area (Å²) in [5.41, 5.74) is 2.15. The van der Waals surface area contributed by atoms with Crippen LogP contribution in [0.2, 0.25) is 0 Å². The van der Waals surface area contributed by atoms with E-state index in [2.05, 4.69) is 42.9 Å². The predicted octanol–water partition coefficient (Wildman–Crippen LogP) is 0.783. The van der Waals surface area contributed by atoms with E-state index < -0.39 is 0 Å². The van der Waals surface area contributed by atoms with Crippen molar-refractivity contribution in [2.75, 3.05) is 27.3 Å². The minimum atomic E-state index is 0.641. The van der Waals surface area contributed by atoms with Gasteiger partial charge < -0.3 is 15.4 Å². The Morgan fingerprint density at radius 1 is 1.38 bits per heavy atom. The summed E-state index contributed by atoms with van der Waals surface area (Å²) in [6, 6.07) is 8.11. The molecule has 0 aliphatic rings. The van der Waals surface area contributed by atoms with Crippen LogP contribution >= 0.6 is 0 Å². The van der Waals surface area contributed by atoms with Crippen LogP contribution in [0.5, 0.6) is 0 Å². The first-order chi connectivity index (χ1) is 10.3. The van der Waals surface area contributed by atoms with Crippen LogP contribution < -0.4 is 10.6 Å². The van der Waals surface area contributed by atoms with Gasteiger partial charge in [0.15, 0.2) is 11.8 Å². The second kappa shape index (κ2) is 8.01. The van der Waals surface area contributed by atoms with Gasteiger partial charge in [-0.05, 0) is 11.6 Å². The molecule has 7 nitrogen and oxygen atoms in total. The summed E-state index contributed by atoms with van der Waals surface area (Å²) in [6.07, 6.45) is 1.50. The third-order valence-corrected chi connectivity index (χ3v) is 2.90. The van der Waals surface area contributed by atoms with Crippen molar-refractivity contribution in [1.29, 1.82) is 0 Å². The number of hydrogen-bond donors (Lipinski definition) is 3. The zero-order valence-corrected chi connectivity index (χ0v) is 12.3. The Labute approximate surface area is 123 Å². The predicted molar refractivity (Wildman–Crippen MR) is 81.9 cm³/mol. The molecule has 0 aliphatic carbocycles. The fourth-order valence-corrected chi connectivity index (χ4v) is 1.85. The first kappa shape index (κ1) is 15.0. The fourth-order valence-electron chi connectivity index (χ4n) is 1.85. The molecule has 0 radical (unpaired) electrons. The van der Waals surface area contributed by atoms with Gasteiger partial charge in [-0.1, -0.05) is 18.2 Å². The molecule has 0 aliphatic heterocycles.